The van der Waals surface area contributed by atoms with Crippen LogP contribution >= 0.6 is 0 Å². The third-order valence-corrected chi connectivity index (χ3v) is 3.84. The van der Waals surface area contributed by atoms with Crippen LogP contribution in [0.4, 0.5) is 0 Å². The van der Waals surface area contributed by atoms with Crippen LogP contribution in [-0.4, -0.2) is 41.5 Å². The van der Waals surface area contributed by atoms with Gasteiger partial charge < -0.3 is 14.3 Å². The fraction of sp³-hybridized carbons (Fsp3) is 0.733. The summed E-state index contributed by atoms with van der Waals surface area (Å²) in [6.07, 6.45) is 4.82. The minimum Gasteiger partial charge on any atom is -0.467 e. The first-order chi connectivity index (χ1) is 9.66. The largest absolute Gasteiger partial charge is 0.467 e. The Kier molecular flexibility index (Phi) is 6.04. The molecule has 5 nitrogen and oxygen atoms in total. The van der Waals surface area contributed by atoms with E-state index in [9.17, 15) is 5.11 Å². The number of furan rings is 1. The highest BCUT2D eigenvalue weighted by Gasteiger charge is 2.24. The second-order valence-electron chi connectivity index (χ2n) is 5.65. The normalized spacial score (nSPS) is 25.8. The Morgan fingerprint density at radius 1 is 1.45 bits per heavy atom. The van der Waals surface area contributed by atoms with Gasteiger partial charge in [0.1, 0.15) is 12.4 Å². The van der Waals surface area contributed by atoms with E-state index in [1.807, 2.05) is 12.1 Å². The summed E-state index contributed by atoms with van der Waals surface area (Å²) in [5, 5.41) is 12.2. The Labute approximate surface area is 120 Å². The molecule has 1 fully saturated rings. The molecule has 5 heteroatoms. The average molecular weight is 282 g/mol. The van der Waals surface area contributed by atoms with Crippen LogP contribution in [0.1, 0.15) is 38.9 Å². The lowest BCUT2D eigenvalue weighted by atomic mass is 10.00. The minimum atomic E-state index is -0.508. The molecule has 0 saturated carbocycles. The molecular formula is C15H26N2O3. The van der Waals surface area contributed by atoms with E-state index < -0.39 is 6.10 Å². The first-order valence-corrected chi connectivity index (χ1v) is 7.47. The molecule has 1 aliphatic heterocycles. The van der Waals surface area contributed by atoms with Crippen LogP contribution in [0, 0.1) is 0 Å². The van der Waals surface area contributed by atoms with Gasteiger partial charge in [0.2, 0.25) is 0 Å². The molecule has 114 valence electrons. The molecule has 1 aromatic heterocycles. The van der Waals surface area contributed by atoms with Crippen LogP contribution in [0.25, 0.3) is 0 Å². The van der Waals surface area contributed by atoms with E-state index in [1.54, 1.807) is 6.26 Å². The zero-order valence-corrected chi connectivity index (χ0v) is 12.4. The van der Waals surface area contributed by atoms with Gasteiger partial charge in [0.25, 0.3) is 0 Å². The monoisotopic (exact) mass is 282 g/mol. The van der Waals surface area contributed by atoms with Gasteiger partial charge in [-0.2, -0.15) is 0 Å². The number of hydrazine groups is 1. The van der Waals surface area contributed by atoms with E-state index in [0.29, 0.717) is 31.8 Å². The predicted octanol–water partition coefficient (Wildman–Crippen LogP) is 1.92. The van der Waals surface area contributed by atoms with Gasteiger partial charge in [-0.05, 0) is 38.8 Å². The molecule has 1 aliphatic rings. The number of aliphatic hydroxyl groups is 1. The van der Waals surface area contributed by atoms with Gasteiger partial charge in [-0.1, -0.05) is 6.42 Å². The van der Waals surface area contributed by atoms with E-state index in [1.165, 1.54) is 19.3 Å². The van der Waals surface area contributed by atoms with Crippen molar-refractivity contribution >= 4 is 0 Å². The highest BCUT2D eigenvalue weighted by molar-refractivity contribution is 4.96. The maximum Gasteiger partial charge on any atom is 0.129 e. The first-order valence-electron chi connectivity index (χ1n) is 7.47. The van der Waals surface area contributed by atoms with Crippen molar-refractivity contribution in [2.24, 2.45) is 0 Å². The summed E-state index contributed by atoms with van der Waals surface area (Å²) in [5.41, 5.74) is 3.34. The van der Waals surface area contributed by atoms with Crippen molar-refractivity contribution in [2.45, 2.75) is 57.9 Å². The fourth-order valence-electron chi connectivity index (χ4n) is 2.69. The molecule has 0 aliphatic carbocycles. The smallest absolute Gasteiger partial charge is 0.129 e. The van der Waals surface area contributed by atoms with Gasteiger partial charge >= 0.3 is 0 Å². The summed E-state index contributed by atoms with van der Waals surface area (Å²) in [5.74, 6) is 0.781. The molecule has 0 spiro atoms. The second kappa shape index (κ2) is 7.78. The van der Waals surface area contributed by atoms with E-state index >= 15 is 0 Å². The predicted molar refractivity (Wildman–Crippen MR) is 77.0 cm³/mol. The lowest BCUT2D eigenvalue weighted by molar-refractivity contribution is -0.00904. The number of rotatable bonds is 7. The van der Waals surface area contributed by atoms with E-state index in [2.05, 4.69) is 24.3 Å². The molecule has 2 rings (SSSR count). The van der Waals surface area contributed by atoms with Crippen molar-refractivity contribution in [2.75, 3.05) is 13.2 Å². The summed E-state index contributed by atoms with van der Waals surface area (Å²) < 4.78 is 10.6. The number of ether oxygens (including phenoxy) is 1. The molecule has 2 heterocycles. The van der Waals surface area contributed by atoms with Crippen molar-refractivity contribution in [1.29, 1.82) is 0 Å². The number of aliphatic hydroxyl groups excluding tert-OH is 1. The molecular weight excluding hydrogens is 256 g/mol. The summed E-state index contributed by atoms with van der Waals surface area (Å²) in [6.45, 7) is 5.68. The molecule has 1 saturated heterocycles. The van der Waals surface area contributed by atoms with Crippen molar-refractivity contribution in [1.82, 2.24) is 10.4 Å². The van der Waals surface area contributed by atoms with Gasteiger partial charge in [0.05, 0.1) is 19.0 Å². The van der Waals surface area contributed by atoms with Crippen molar-refractivity contribution in [3.63, 3.8) is 0 Å². The summed E-state index contributed by atoms with van der Waals surface area (Å²) >= 11 is 0. The number of hydrogen-bond donors (Lipinski definition) is 2. The Balaban J connectivity index is 1.62. The molecule has 0 bridgehead atoms. The highest BCUT2D eigenvalue weighted by atomic mass is 16.5. The van der Waals surface area contributed by atoms with Crippen LogP contribution in [-0.2, 0) is 11.3 Å². The topological polar surface area (TPSA) is 57.9 Å². The number of nitrogens with one attached hydrogen (secondary N) is 1. The van der Waals surface area contributed by atoms with Crippen molar-refractivity contribution < 1.29 is 14.3 Å². The minimum absolute atomic E-state index is 0.310. The Morgan fingerprint density at radius 2 is 2.20 bits per heavy atom. The number of piperidine rings is 1. The molecule has 0 amide bonds. The van der Waals surface area contributed by atoms with Gasteiger partial charge in [-0.3, -0.25) is 5.43 Å². The maximum absolute atomic E-state index is 9.94. The highest BCUT2D eigenvalue weighted by Crippen LogP contribution is 2.20. The van der Waals surface area contributed by atoms with Gasteiger partial charge in [-0.15, -0.1) is 0 Å². The van der Waals surface area contributed by atoms with Gasteiger partial charge in [0.15, 0.2) is 0 Å². The summed E-state index contributed by atoms with van der Waals surface area (Å²) in [4.78, 5) is 0. The molecule has 3 unspecified atom stereocenters. The zero-order chi connectivity index (χ0) is 14.4. The molecule has 3 atom stereocenters. The maximum atomic E-state index is 9.94. The van der Waals surface area contributed by atoms with Crippen LogP contribution in [0.5, 0.6) is 0 Å². The van der Waals surface area contributed by atoms with E-state index in [-0.39, 0.29) is 0 Å². The molecule has 0 radical (unpaired) electrons. The number of hydrogen-bond acceptors (Lipinski definition) is 5. The van der Waals surface area contributed by atoms with E-state index in [4.69, 9.17) is 9.15 Å². The standard InChI is InChI=1S/C15H26N2O3/c1-12-5-3-6-13(2)17(12)16-9-14(18)10-19-11-15-7-4-8-20-15/h4,7-8,12-14,16,18H,3,5-6,9-11H2,1-2H3. The quantitative estimate of drug-likeness (QED) is 0.800. The average Bonchev–Trinajstić information content (AvgIpc) is 2.91. The molecule has 2 N–H and O–H groups in total. The number of nitrogens with zero attached hydrogens (tertiary/aromatic N) is 1. The third kappa shape index (κ3) is 4.59. The SMILES string of the molecule is CC1CCCC(C)N1NCC(O)COCc1ccco1. The fourth-order valence-corrected chi connectivity index (χ4v) is 2.69. The second-order valence-corrected chi connectivity index (χ2v) is 5.65. The molecule has 1 aromatic rings. The Bertz CT molecular complexity index is 359. The van der Waals surface area contributed by atoms with Crippen LogP contribution in [0.3, 0.4) is 0 Å². The third-order valence-electron chi connectivity index (χ3n) is 3.84. The van der Waals surface area contributed by atoms with Crippen molar-refractivity contribution in [3.05, 3.63) is 24.2 Å². The van der Waals surface area contributed by atoms with Crippen LogP contribution in [0.2, 0.25) is 0 Å². The Morgan fingerprint density at radius 3 is 2.85 bits per heavy atom. The van der Waals surface area contributed by atoms with Crippen LogP contribution in [0.15, 0.2) is 22.8 Å². The van der Waals surface area contributed by atoms with Crippen LogP contribution < -0.4 is 5.43 Å². The van der Waals surface area contributed by atoms with Gasteiger partial charge in [0, 0.05) is 18.6 Å². The van der Waals surface area contributed by atoms with Gasteiger partial charge in [-0.25, -0.2) is 5.01 Å². The van der Waals surface area contributed by atoms with E-state index in [0.717, 1.165) is 5.76 Å². The summed E-state index contributed by atoms with van der Waals surface area (Å²) in [7, 11) is 0. The summed E-state index contributed by atoms with van der Waals surface area (Å²) in [6, 6.07) is 4.74. The lowest BCUT2D eigenvalue weighted by Gasteiger charge is -2.39. The zero-order valence-electron chi connectivity index (χ0n) is 12.4. The lowest BCUT2D eigenvalue weighted by Crippen LogP contribution is -2.54. The first kappa shape index (κ1) is 15.5. The molecule has 0 aromatic carbocycles. The van der Waals surface area contributed by atoms with Crippen molar-refractivity contribution in [3.8, 4) is 0 Å². The molecule has 20 heavy (non-hydrogen) atoms. The Hall–Kier alpha value is -0.880.